The van der Waals surface area contributed by atoms with Crippen LogP contribution in [0.25, 0.3) is 32.9 Å². The maximum Gasteiger partial charge on any atom is 0.274 e. The Balaban J connectivity index is 0.000000173. The van der Waals surface area contributed by atoms with Crippen LogP contribution in [0.5, 0.6) is 0 Å². The molecule has 1 saturated heterocycles. The lowest BCUT2D eigenvalue weighted by Gasteiger charge is -2.29. The second-order valence-electron chi connectivity index (χ2n) is 14.9. The third-order valence-corrected chi connectivity index (χ3v) is 10.4. The Morgan fingerprint density at radius 2 is 1.00 bits per heavy atom. The predicted molar refractivity (Wildman–Crippen MR) is 236 cm³/mol. The molecule has 1 fully saturated rings. The molecule has 61 heavy (non-hydrogen) atoms. The van der Waals surface area contributed by atoms with Gasteiger partial charge in [0.05, 0.1) is 11.4 Å². The number of hydrogen-bond donors (Lipinski definition) is 4. The van der Waals surface area contributed by atoms with Crippen molar-refractivity contribution < 1.29 is 18.4 Å². The first-order valence-corrected chi connectivity index (χ1v) is 19.9. The number of halogens is 2. The molecule has 0 spiro atoms. The summed E-state index contributed by atoms with van der Waals surface area (Å²) in [5, 5.41) is 29.5. The molecule has 4 N–H and O–H groups in total. The number of amides is 2. The van der Waals surface area contributed by atoms with Gasteiger partial charge in [0.2, 0.25) is 0 Å². The number of hydrogen-bond acceptors (Lipinski definition) is 6. The third kappa shape index (κ3) is 8.92. The molecular formula is C48H43F2N9O2. The van der Waals surface area contributed by atoms with E-state index in [0.717, 1.165) is 58.9 Å². The van der Waals surface area contributed by atoms with Crippen molar-refractivity contribution in [2.24, 2.45) is 0 Å². The van der Waals surface area contributed by atoms with Gasteiger partial charge in [0.25, 0.3) is 11.8 Å². The minimum absolute atomic E-state index is 0.219. The molecule has 0 atom stereocenters. The van der Waals surface area contributed by atoms with E-state index in [1.165, 1.54) is 21.5 Å². The molecule has 11 nitrogen and oxygen atoms in total. The fourth-order valence-corrected chi connectivity index (χ4v) is 7.22. The first-order chi connectivity index (χ1) is 29.5. The van der Waals surface area contributed by atoms with Gasteiger partial charge in [0, 0.05) is 43.1 Å². The van der Waals surface area contributed by atoms with E-state index in [9.17, 15) is 18.4 Å². The summed E-state index contributed by atoms with van der Waals surface area (Å²) >= 11 is 0. The molecule has 8 aromatic rings. The number of benzene rings is 6. The lowest BCUT2D eigenvalue weighted by atomic mass is 10.1. The van der Waals surface area contributed by atoms with Crippen LogP contribution in [0.15, 0.2) is 133 Å². The molecule has 306 valence electrons. The maximum absolute atomic E-state index is 14.9. The Kier molecular flexibility index (Phi) is 11.5. The van der Waals surface area contributed by atoms with Crippen molar-refractivity contribution in [1.82, 2.24) is 29.8 Å². The van der Waals surface area contributed by atoms with Gasteiger partial charge in [0.1, 0.15) is 40.2 Å². The van der Waals surface area contributed by atoms with Crippen LogP contribution in [0.2, 0.25) is 0 Å². The summed E-state index contributed by atoms with van der Waals surface area (Å²) in [6.45, 7) is 8.84. The van der Waals surface area contributed by atoms with E-state index in [-0.39, 0.29) is 28.7 Å². The van der Waals surface area contributed by atoms with Crippen LogP contribution < -0.4 is 16.0 Å². The minimum atomic E-state index is -0.452. The highest BCUT2D eigenvalue weighted by atomic mass is 19.1. The number of carbonyl (C=O) groups is 2. The van der Waals surface area contributed by atoms with Gasteiger partial charge in [0.15, 0.2) is 0 Å². The zero-order valence-electron chi connectivity index (χ0n) is 33.8. The molecular weight excluding hydrogens is 773 g/mol. The second kappa shape index (κ2) is 17.4. The topological polar surface area (TPSA) is 133 Å². The van der Waals surface area contributed by atoms with Crippen molar-refractivity contribution in [2.75, 3.05) is 36.8 Å². The summed E-state index contributed by atoms with van der Waals surface area (Å²) < 4.78 is 32.4. The van der Waals surface area contributed by atoms with Gasteiger partial charge in [-0.25, -0.2) is 18.1 Å². The highest BCUT2D eigenvalue weighted by Gasteiger charge is 2.21. The van der Waals surface area contributed by atoms with Gasteiger partial charge in [-0.05, 0) is 115 Å². The third-order valence-electron chi connectivity index (χ3n) is 10.4. The van der Waals surface area contributed by atoms with Crippen LogP contribution in [-0.4, -0.2) is 68.3 Å². The molecule has 9 rings (SSSR count). The molecule has 1 aliphatic heterocycles. The van der Waals surface area contributed by atoms with Crippen molar-refractivity contribution in [3.05, 3.63) is 179 Å². The first-order valence-electron chi connectivity index (χ1n) is 19.9. The van der Waals surface area contributed by atoms with Crippen molar-refractivity contribution in [2.45, 2.75) is 20.8 Å². The van der Waals surface area contributed by atoms with Crippen LogP contribution in [0.3, 0.4) is 0 Å². The summed E-state index contributed by atoms with van der Waals surface area (Å²) in [6.07, 6.45) is 0. The molecule has 1 aliphatic rings. The van der Waals surface area contributed by atoms with E-state index in [0.29, 0.717) is 28.6 Å². The Labute approximate surface area is 351 Å². The van der Waals surface area contributed by atoms with Crippen molar-refractivity contribution in [3.8, 4) is 11.4 Å². The van der Waals surface area contributed by atoms with Gasteiger partial charge in [-0.3, -0.25) is 15.0 Å². The highest BCUT2D eigenvalue weighted by molar-refractivity contribution is 6.05. The van der Waals surface area contributed by atoms with Crippen LogP contribution in [0.4, 0.5) is 20.2 Å². The van der Waals surface area contributed by atoms with E-state index in [2.05, 4.69) is 26.1 Å². The summed E-state index contributed by atoms with van der Waals surface area (Å²) in [4.78, 5) is 27.9. The van der Waals surface area contributed by atoms with Crippen LogP contribution in [0.1, 0.15) is 43.5 Å². The normalized spacial score (nSPS) is 12.5. The second-order valence-corrected chi connectivity index (χ2v) is 14.9. The van der Waals surface area contributed by atoms with Crippen LogP contribution >= 0.6 is 0 Å². The number of fused-ring (bicyclic) bond motifs is 2. The van der Waals surface area contributed by atoms with Gasteiger partial charge < -0.3 is 20.9 Å². The number of piperazine rings is 1. The van der Waals surface area contributed by atoms with Gasteiger partial charge >= 0.3 is 0 Å². The number of carbonyl (C=O) groups excluding carboxylic acids is 2. The summed E-state index contributed by atoms with van der Waals surface area (Å²) in [7, 11) is 0. The molecule has 0 radical (unpaired) electrons. The Morgan fingerprint density at radius 3 is 1.44 bits per heavy atom. The monoisotopic (exact) mass is 815 g/mol. The molecule has 13 heteroatoms. The predicted octanol–water partition coefficient (Wildman–Crippen LogP) is 8.99. The fraction of sp³-hybridized carbons (Fsp3) is 0.146. The van der Waals surface area contributed by atoms with E-state index >= 15 is 0 Å². The molecule has 0 unspecified atom stereocenters. The molecule has 0 bridgehead atoms. The molecule has 0 aliphatic carbocycles. The highest BCUT2D eigenvalue weighted by Crippen LogP contribution is 2.26. The lowest BCUT2D eigenvalue weighted by molar-refractivity contribution is 0.101. The average molecular weight is 816 g/mol. The van der Waals surface area contributed by atoms with E-state index < -0.39 is 17.5 Å². The Bertz CT molecular complexity index is 2920. The van der Waals surface area contributed by atoms with Crippen LogP contribution in [-0.2, 0) is 0 Å². The Hall–Kier alpha value is -7.51. The standard InChI is InChI=1S/C26H25FN6O.C22H18FN3O/c1-17-14-24(33(31-17)23-16-20-5-3-2-4-19(20)15-22(23)27)26(34)30-21-8-6-18(7-9-21)25(28)32-12-10-29-11-13-32;1-14-7-9-18(10-8-14)24-22(27)21-11-15(2)25-26(21)20-13-17-6-4-3-5-16(17)12-19(20)23/h2-9,14-16,28-29H,10-13H2,1H3,(H,30,34);3-13H,1-2H3,(H,24,27). The molecule has 0 saturated carbocycles. The smallest absolute Gasteiger partial charge is 0.274 e. The molecule has 6 aromatic carbocycles. The van der Waals surface area contributed by atoms with Gasteiger partial charge in [-0.15, -0.1) is 0 Å². The molecule has 3 heterocycles. The van der Waals surface area contributed by atoms with E-state index in [4.69, 9.17) is 5.41 Å². The zero-order valence-corrected chi connectivity index (χ0v) is 33.8. The number of anilines is 2. The van der Waals surface area contributed by atoms with Crippen molar-refractivity contribution in [1.29, 1.82) is 5.41 Å². The van der Waals surface area contributed by atoms with Crippen LogP contribution in [0, 0.1) is 37.8 Å². The SMILES string of the molecule is Cc1cc(C(=O)Nc2ccc(C(=N)N3CCNCC3)cc2)n(-c2cc3ccccc3cc2F)n1.Cc1ccc(NC(=O)c2cc(C)nn2-c2cc3ccccc3cc2F)cc1. The van der Waals surface area contributed by atoms with Gasteiger partial charge in [-0.2, -0.15) is 10.2 Å². The number of aryl methyl sites for hydroxylation is 3. The molecule has 2 aromatic heterocycles. The average Bonchev–Trinajstić information content (AvgIpc) is 3.86. The largest absolute Gasteiger partial charge is 0.354 e. The number of nitrogens with one attached hydrogen (secondary N) is 4. The zero-order chi connectivity index (χ0) is 42.6. The van der Waals surface area contributed by atoms with Crippen molar-refractivity contribution in [3.63, 3.8) is 0 Å². The lowest BCUT2D eigenvalue weighted by Crippen LogP contribution is -2.46. The van der Waals surface area contributed by atoms with Crippen molar-refractivity contribution >= 4 is 50.6 Å². The summed E-state index contributed by atoms with van der Waals surface area (Å²) in [5.41, 5.74) is 5.39. The first kappa shape index (κ1) is 40.3. The molecule has 2 amide bonds. The summed E-state index contributed by atoms with van der Waals surface area (Å²) in [6, 6.07) is 39.3. The van der Waals surface area contributed by atoms with E-state index in [1.54, 1.807) is 50.2 Å². The maximum atomic E-state index is 14.9. The minimum Gasteiger partial charge on any atom is -0.354 e. The summed E-state index contributed by atoms with van der Waals surface area (Å²) in [5.74, 6) is -1.14. The quantitative estimate of drug-likeness (QED) is 0.0938. The number of nitrogens with zero attached hydrogens (tertiary/aromatic N) is 5. The fourth-order valence-electron chi connectivity index (χ4n) is 7.22. The Morgan fingerprint density at radius 1 is 0.590 bits per heavy atom. The van der Waals surface area contributed by atoms with Gasteiger partial charge in [-0.1, -0.05) is 66.2 Å². The number of aromatic nitrogens is 4. The number of amidine groups is 1. The van der Waals surface area contributed by atoms with E-state index in [1.807, 2.05) is 96.8 Å². The number of rotatable bonds is 7.